The van der Waals surface area contributed by atoms with Crippen LogP contribution >= 0.6 is 0 Å². The number of nitrogens with one attached hydrogen (secondary N) is 1. The van der Waals surface area contributed by atoms with Gasteiger partial charge >= 0.3 is 6.03 Å². The highest BCUT2D eigenvalue weighted by Crippen LogP contribution is 2.11. The van der Waals surface area contributed by atoms with Crippen LogP contribution in [0.1, 0.15) is 26.3 Å². The topological polar surface area (TPSA) is 53.9 Å². The van der Waals surface area contributed by atoms with Crippen molar-refractivity contribution >= 4 is 17.4 Å². The average molecular weight is 263 g/mol. The third kappa shape index (κ3) is 4.28. The highest BCUT2D eigenvalue weighted by atomic mass is 16.6. The van der Waals surface area contributed by atoms with Crippen molar-refractivity contribution in [3.05, 3.63) is 29.8 Å². The Bertz CT molecular complexity index is 437. The zero-order valence-electron chi connectivity index (χ0n) is 11.9. The second kappa shape index (κ2) is 7.41. The maximum atomic E-state index is 11.9. The van der Waals surface area contributed by atoms with Crippen molar-refractivity contribution in [3.63, 3.8) is 0 Å². The van der Waals surface area contributed by atoms with Gasteiger partial charge < -0.3 is 15.1 Å². The molecule has 19 heavy (non-hydrogen) atoms. The standard InChI is InChI=1S/C14H21N3O2/c1-5-17(6-2)14(18)15-13-9-7-12(8-10-13)11(3)16-19-4/h7-10H,5-6H2,1-4H3,(H,15,18)/b16-11+. The third-order valence-electron chi connectivity index (χ3n) is 2.83. The fourth-order valence-corrected chi connectivity index (χ4v) is 1.70. The predicted molar refractivity (Wildman–Crippen MR) is 77.6 cm³/mol. The molecule has 1 aromatic rings. The number of oxime groups is 1. The lowest BCUT2D eigenvalue weighted by Gasteiger charge is -2.19. The summed E-state index contributed by atoms with van der Waals surface area (Å²) in [6, 6.07) is 7.42. The molecule has 0 fully saturated rings. The smallest absolute Gasteiger partial charge is 0.321 e. The van der Waals surface area contributed by atoms with Crippen molar-refractivity contribution in [1.29, 1.82) is 0 Å². The van der Waals surface area contributed by atoms with Crippen molar-refractivity contribution in [2.75, 3.05) is 25.5 Å². The maximum absolute atomic E-state index is 11.9. The SMILES string of the molecule is CCN(CC)C(=O)Nc1ccc(/C(C)=N/OC)cc1. The summed E-state index contributed by atoms with van der Waals surface area (Å²) in [5.74, 6) is 0. The molecule has 5 nitrogen and oxygen atoms in total. The number of carbonyl (C=O) groups excluding carboxylic acids is 1. The minimum atomic E-state index is -0.0833. The molecule has 1 rings (SSSR count). The first-order chi connectivity index (χ1) is 9.12. The van der Waals surface area contributed by atoms with Gasteiger partial charge in [-0.15, -0.1) is 0 Å². The van der Waals surface area contributed by atoms with Gasteiger partial charge in [0.25, 0.3) is 0 Å². The molecule has 0 atom stereocenters. The highest BCUT2D eigenvalue weighted by molar-refractivity contribution is 5.99. The number of anilines is 1. The van der Waals surface area contributed by atoms with Crippen LogP contribution in [0.4, 0.5) is 10.5 Å². The van der Waals surface area contributed by atoms with Crippen LogP contribution in [0.2, 0.25) is 0 Å². The Kier molecular flexibility index (Phi) is 5.85. The van der Waals surface area contributed by atoms with Crippen LogP contribution < -0.4 is 5.32 Å². The number of carbonyl (C=O) groups is 1. The van der Waals surface area contributed by atoms with Crippen molar-refractivity contribution in [2.24, 2.45) is 5.16 Å². The van der Waals surface area contributed by atoms with Crippen molar-refractivity contribution < 1.29 is 9.63 Å². The third-order valence-corrected chi connectivity index (χ3v) is 2.83. The number of nitrogens with zero attached hydrogens (tertiary/aromatic N) is 2. The van der Waals surface area contributed by atoms with Crippen LogP contribution in [0.3, 0.4) is 0 Å². The summed E-state index contributed by atoms with van der Waals surface area (Å²) in [6.45, 7) is 7.17. The van der Waals surface area contributed by atoms with E-state index in [1.54, 1.807) is 4.90 Å². The molecule has 0 saturated carbocycles. The van der Waals surface area contributed by atoms with Crippen molar-refractivity contribution in [2.45, 2.75) is 20.8 Å². The second-order valence-corrected chi connectivity index (χ2v) is 4.04. The summed E-state index contributed by atoms with van der Waals surface area (Å²) < 4.78 is 0. The fraction of sp³-hybridized carbons (Fsp3) is 0.429. The fourth-order valence-electron chi connectivity index (χ4n) is 1.70. The van der Waals surface area contributed by atoms with E-state index >= 15 is 0 Å². The average Bonchev–Trinajstić information content (AvgIpc) is 2.41. The molecule has 104 valence electrons. The first-order valence-corrected chi connectivity index (χ1v) is 6.36. The molecule has 0 heterocycles. The molecule has 0 aromatic heterocycles. The predicted octanol–water partition coefficient (Wildman–Crippen LogP) is 2.93. The minimum Gasteiger partial charge on any atom is -0.399 e. The van der Waals surface area contributed by atoms with E-state index < -0.39 is 0 Å². The van der Waals surface area contributed by atoms with Gasteiger partial charge in [-0.05, 0) is 38.5 Å². The Hall–Kier alpha value is -2.04. The molecular weight excluding hydrogens is 242 g/mol. The molecule has 5 heteroatoms. The molecule has 2 amide bonds. The lowest BCUT2D eigenvalue weighted by atomic mass is 10.1. The number of rotatable bonds is 5. The number of urea groups is 1. The second-order valence-electron chi connectivity index (χ2n) is 4.04. The summed E-state index contributed by atoms with van der Waals surface area (Å²) >= 11 is 0. The van der Waals surface area contributed by atoms with Crippen LogP contribution in [0.15, 0.2) is 29.4 Å². The Labute approximate surface area is 114 Å². The largest absolute Gasteiger partial charge is 0.399 e. The molecule has 0 aliphatic carbocycles. The Morgan fingerprint density at radius 3 is 2.32 bits per heavy atom. The van der Waals surface area contributed by atoms with Crippen LogP contribution in [-0.4, -0.2) is 36.8 Å². The minimum absolute atomic E-state index is 0.0833. The number of hydrogen-bond acceptors (Lipinski definition) is 3. The van der Waals surface area contributed by atoms with E-state index in [0.29, 0.717) is 13.1 Å². The zero-order chi connectivity index (χ0) is 14.3. The molecule has 1 aromatic carbocycles. The van der Waals surface area contributed by atoms with Gasteiger partial charge in [0.1, 0.15) is 7.11 Å². The monoisotopic (exact) mass is 263 g/mol. The lowest BCUT2D eigenvalue weighted by molar-refractivity contribution is 0.213. The quantitative estimate of drug-likeness (QED) is 0.656. The van der Waals surface area contributed by atoms with Crippen LogP contribution in [0, 0.1) is 0 Å². The first kappa shape index (κ1) is 15.0. The Balaban J connectivity index is 2.72. The van der Waals surface area contributed by atoms with E-state index in [4.69, 9.17) is 4.84 Å². The van der Waals surface area contributed by atoms with Gasteiger partial charge in [-0.3, -0.25) is 0 Å². The Morgan fingerprint density at radius 1 is 1.26 bits per heavy atom. The first-order valence-electron chi connectivity index (χ1n) is 6.36. The van der Waals surface area contributed by atoms with Gasteiger partial charge in [0.05, 0.1) is 5.71 Å². The van der Waals surface area contributed by atoms with Gasteiger partial charge in [-0.1, -0.05) is 17.3 Å². The molecule has 0 aliphatic rings. The summed E-state index contributed by atoms with van der Waals surface area (Å²) in [5.41, 5.74) is 2.53. The normalized spacial score (nSPS) is 11.1. The number of hydrogen-bond donors (Lipinski definition) is 1. The molecule has 0 radical (unpaired) electrons. The van der Waals surface area contributed by atoms with E-state index in [2.05, 4.69) is 10.5 Å². The summed E-state index contributed by atoms with van der Waals surface area (Å²) in [5, 5.41) is 6.72. The maximum Gasteiger partial charge on any atom is 0.321 e. The molecule has 0 aliphatic heterocycles. The van der Waals surface area contributed by atoms with E-state index in [0.717, 1.165) is 17.0 Å². The molecule has 0 saturated heterocycles. The van der Waals surface area contributed by atoms with Gasteiger partial charge in [0, 0.05) is 18.8 Å². The van der Waals surface area contributed by atoms with E-state index in [1.807, 2.05) is 45.0 Å². The van der Waals surface area contributed by atoms with E-state index in [1.165, 1.54) is 7.11 Å². The van der Waals surface area contributed by atoms with Crippen molar-refractivity contribution in [1.82, 2.24) is 4.90 Å². The summed E-state index contributed by atoms with van der Waals surface area (Å²) in [4.78, 5) is 18.3. The van der Waals surface area contributed by atoms with Crippen molar-refractivity contribution in [3.8, 4) is 0 Å². The molecule has 1 N–H and O–H groups in total. The number of amides is 2. The lowest BCUT2D eigenvalue weighted by Crippen LogP contribution is -2.34. The van der Waals surface area contributed by atoms with E-state index in [9.17, 15) is 4.79 Å². The Morgan fingerprint density at radius 2 is 1.84 bits per heavy atom. The van der Waals surface area contributed by atoms with Crippen LogP contribution in [-0.2, 0) is 4.84 Å². The van der Waals surface area contributed by atoms with Crippen LogP contribution in [0.5, 0.6) is 0 Å². The van der Waals surface area contributed by atoms with Gasteiger partial charge in [0.15, 0.2) is 0 Å². The van der Waals surface area contributed by atoms with E-state index in [-0.39, 0.29) is 6.03 Å². The van der Waals surface area contributed by atoms with Gasteiger partial charge in [-0.2, -0.15) is 0 Å². The zero-order valence-corrected chi connectivity index (χ0v) is 11.9. The number of benzene rings is 1. The molecule has 0 spiro atoms. The van der Waals surface area contributed by atoms with Gasteiger partial charge in [-0.25, -0.2) is 4.79 Å². The molecular formula is C14H21N3O2. The summed E-state index contributed by atoms with van der Waals surface area (Å²) in [6.07, 6.45) is 0. The molecule has 0 bridgehead atoms. The van der Waals surface area contributed by atoms with Gasteiger partial charge in [0.2, 0.25) is 0 Å². The van der Waals surface area contributed by atoms with Crippen LogP contribution in [0.25, 0.3) is 0 Å². The molecule has 0 unspecified atom stereocenters. The summed E-state index contributed by atoms with van der Waals surface area (Å²) in [7, 11) is 1.52. The highest BCUT2D eigenvalue weighted by Gasteiger charge is 2.09.